The van der Waals surface area contributed by atoms with Crippen LogP contribution in [0.2, 0.25) is 5.02 Å². The van der Waals surface area contributed by atoms with Crippen molar-refractivity contribution >= 4 is 17.3 Å². The molecule has 1 heterocycles. The van der Waals surface area contributed by atoms with Crippen LogP contribution < -0.4 is 15.4 Å². The van der Waals surface area contributed by atoms with E-state index in [2.05, 4.69) is 42.0 Å². The van der Waals surface area contributed by atoms with Gasteiger partial charge < -0.3 is 15.4 Å². The van der Waals surface area contributed by atoms with Gasteiger partial charge in [0.15, 0.2) is 0 Å². The quantitative estimate of drug-likeness (QED) is 0.471. The second-order valence-corrected chi connectivity index (χ2v) is 7.58. The molecule has 1 aliphatic rings. The van der Waals surface area contributed by atoms with Crippen LogP contribution in [0, 0.1) is 0 Å². The van der Waals surface area contributed by atoms with Gasteiger partial charge in [0.2, 0.25) is 0 Å². The van der Waals surface area contributed by atoms with Crippen molar-refractivity contribution in [2.45, 2.75) is 32.4 Å². The Kier molecular flexibility index (Phi) is 10.3. The van der Waals surface area contributed by atoms with Crippen molar-refractivity contribution in [3.63, 3.8) is 0 Å². The minimum absolute atomic E-state index is 0.0818. The van der Waals surface area contributed by atoms with E-state index in [1.807, 2.05) is 31.2 Å². The lowest BCUT2D eigenvalue weighted by atomic mass is 10.0. The van der Waals surface area contributed by atoms with Crippen molar-refractivity contribution in [1.82, 2.24) is 5.32 Å². The highest BCUT2D eigenvalue weighted by Gasteiger charge is 2.14. The number of allylic oxidation sites excluding steroid dienone is 2. The highest BCUT2D eigenvalue weighted by molar-refractivity contribution is 6.33. The van der Waals surface area contributed by atoms with E-state index in [9.17, 15) is 4.39 Å². The van der Waals surface area contributed by atoms with Crippen LogP contribution >= 0.6 is 11.6 Å². The fraction of sp³-hybridized carbons (Fsp3) is 0.308. The smallest absolute Gasteiger partial charge is 0.121 e. The molecule has 166 valence electrons. The number of hydrogen-bond acceptors (Lipinski definition) is 3. The number of alkyl halides is 1. The standard InChI is InChI=1S/C25H29ClN2O.CH3F/c1-4-6-20(5-2)18(3)29-22-10-7-19(8-11-22)17-28-25-23-14-16-27-15-13-21(23)9-12-24(25)26;1-2/h4-12,18,27-28H,1-2,13-17H2,3H3;1H3/b20-6+;. The van der Waals surface area contributed by atoms with Gasteiger partial charge in [0.25, 0.3) is 0 Å². The first-order valence-electron chi connectivity index (χ1n) is 10.5. The second-order valence-electron chi connectivity index (χ2n) is 7.17. The van der Waals surface area contributed by atoms with Gasteiger partial charge in [-0.1, -0.05) is 61.2 Å². The molecule has 2 N–H and O–H groups in total. The summed E-state index contributed by atoms with van der Waals surface area (Å²) >= 11 is 6.51. The molecule has 0 radical (unpaired) electrons. The van der Waals surface area contributed by atoms with E-state index in [1.165, 1.54) is 16.7 Å². The Morgan fingerprint density at radius 3 is 2.55 bits per heavy atom. The van der Waals surface area contributed by atoms with Crippen molar-refractivity contribution in [1.29, 1.82) is 0 Å². The topological polar surface area (TPSA) is 33.3 Å². The molecule has 5 heteroatoms. The average Bonchev–Trinajstić information content (AvgIpc) is 3.05. The third-order valence-electron chi connectivity index (χ3n) is 5.20. The zero-order valence-electron chi connectivity index (χ0n) is 18.4. The predicted octanol–water partition coefficient (Wildman–Crippen LogP) is 6.29. The van der Waals surface area contributed by atoms with Gasteiger partial charge in [-0.05, 0) is 73.3 Å². The van der Waals surface area contributed by atoms with Gasteiger partial charge in [-0.3, -0.25) is 4.39 Å². The predicted molar refractivity (Wildman–Crippen MR) is 131 cm³/mol. The lowest BCUT2D eigenvalue weighted by Gasteiger charge is -2.17. The molecule has 0 aromatic heterocycles. The number of benzene rings is 2. The van der Waals surface area contributed by atoms with E-state index in [0.29, 0.717) is 13.7 Å². The molecule has 0 bridgehead atoms. The molecular formula is C26H32ClFN2O. The maximum absolute atomic E-state index is 9.50. The van der Waals surface area contributed by atoms with Crippen LogP contribution in [0.4, 0.5) is 10.1 Å². The lowest BCUT2D eigenvalue weighted by molar-refractivity contribution is 0.261. The van der Waals surface area contributed by atoms with E-state index in [4.69, 9.17) is 16.3 Å². The fourth-order valence-electron chi connectivity index (χ4n) is 3.59. The number of anilines is 1. The summed E-state index contributed by atoms with van der Waals surface area (Å²) in [6.07, 6.45) is 7.41. The van der Waals surface area contributed by atoms with Gasteiger partial charge in [-0.15, -0.1) is 0 Å². The van der Waals surface area contributed by atoms with E-state index in [-0.39, 0.29) is 6.10 Å². The van der Waals surface area contributed by atoms with Crippen molar-refractivity contribution in [3.8, 4) is 5.75 Å². The Hall–Kier alpha value is -2.56. The van der Waals surface area contributed by atoms with Crippen molar-refractivity contribution < 1.29 is 9.13 Å². The minimum atomic E-state index is -0.0818. The lowest BCUT2D eigenvalue weighted by Crippen LogP contribution is -2.16. The van der Waals surface area contributed by atoms with E-state index >= 15 is 0 Å². The van der Waals surface area contributed by atoms with E-state index in [1.54, 1.807) is 12.2 Å². The van der Waals surface area contributed by atoms with Gasteiger partial charge in [-0.2, -0.15) is 0 Å². The number of rotatable bonds is 8. The van der Waals surface area contributed by atoms with Crippen LogP contribution in [0.3, 0.4) is 0 Å². The normalized spacial score (nSPS) is 14.3. The van der Waals surface area contributed by atoms with Crippen LogP contribution in [-0.2, 0) is 19.4 Å². The highest BCUT2D eigenvalue weighted by atomic mass is 35.5. The van der Waals surface area contributed by atoms with Crippen LogP contribution in [0.5, 0.6) is 5.75 Å². The monoisotopic (exact) mass is 442 g/mol. The summed E-state index contributed by atoms with van der Waals surface area (Å²) in [5.74, 6) is 0.829. The summed E-state index contributed by atoms with van der Waals surface area (Å²) in [6, 6.07) is 12.3. The highest BCUT2D eigenvalue weighted by Crippen LogP contribution is 2.31. The fourth-order valence-corrected chi connectivity index (χ4v) is 3.83. The van der Waals surface area contributed by atoms with Gasteiger partial charge in [0, 0.05) is 6.54 Å². The first-order valence-corrected chi connectivity index (χ1v) is 10.8. The summed E-state index contributed by atoms with van der Waals surface area (Å²) in [6.45, 7) is 12.3. The number of halogens is 2. The summed E-state index contributed by atoms with van der Waals surface area (Å²) in [5, 5.41) is 7.79. The van der Waals surface area contributed by atoms with E-state index in [0.717, 1.165) is 48.0 Å². The Balaban J connectivity index is 0.00000166. The molecule has 0 amide bonds. The molecule has 2 aromatic carbocycles. The van der Waals surface area contributed by atoms with Gasteiger partial charge in [-0.25, -0.2) is 0 Å². The molecule has 0 saturated heterocycles. The van der Waals surface area contributed by atoms with Crippen molar-refractivity contribution in [2.24, 2.45) is 0 Å². The SMILES string of the molecule is C=C/C=C(\C=C)C(C)Oc1ccc(CNc2c(Cl)ccc3c2CCNCC3)cc1.CF. The molecule has 0 saturated carbocycles. The Morgan fingerprint density at radius 1 is 1.16 bits per heavy atom. The summed E-state index contributed by atoms with van der Waals surface area (Å²) in [5.41, 5.74) is 5.95. The number of fused-ring (bicyclic) bond motifs is 1. The number of nitrogens with one attached hydrogen (secondary N) is 2. The van der Waals surface area contributed by atoms with Gasteiger partial charge in [0.1, 0.15) is 11.9 Å². The molecule has 31 heavy (non-hydrogen) atoms. The first kappa shape index (κ1) is 24.7. The van der Waals surface area contributed by atoms with Crippen LogP contribution in [-0.4, -0.2) is 26.4 Å². The van der Waals surface area contributed by atoms with Crippen LogP contribution in [0.1, 0.15) is 23.6 Å². The van der Waals surface area contributed by atoms with Crippen LogP contribution in [0.25, 0.3) is 0 Å². The summed E-state index contributed by atoms with van der Waals surface area (Å²) in [7, 11) is 0.500. The molecule has 0 spiro atoms. The summed E-state index contributed by atoms with van der Waals surface area (Å²) in [4.78, 5) is 0. The third-order valence-corrected chi connectivity index (χ3v) is 5.52. The number of ether oxygens (including phenoxy) is 1. The minimum Gasteiger partial charge on any atom is -0.486 e. The molecule has 3 rings (SSSR count). The van der Waals surface area contributed by atoms with Crippen LogP contribution in [0.15, 0.2) is 73.4 Å². The molecule has 1 aliphatic heterocycles. The summed E-state index contributed by atoms with van der Waals surface area (Å²) < 4.78 is 15.5. The van der Waals surface area contributed by atoms with Gasteiger partial charge in [0.05, 0.1) is 17.9 Å². The maximum Gasteiger partial charge on any atom is 0.121 e. The molecule has 1 atom stereocenters. The number of hydrogen-bond donors (Lipinski definition) is 2. The molecule has 2 aromatic rings. The molecule has 0 fully saturated rings. The van der Waals surface area contributed by atoms with Gasteiger partial charge >= 0.3 is 0 Å². The molecular weight excluding hydrogens is 411 g/mol. The first-order chi connectivity index (χ1) is 15.1. The van der Waals surface area contributed by atoms with Crippen molar-refractivity contribution in [3.05, 3.63) is 95.1 Å². The Morgan fingerprint density at radius 2 is 1.87 bits per heavy atom. The second kappa shape index (κ2) is 13.0. The van der Waals surface area contributed by atoms with Crippen molar-refractivity contribution in [2.75, 3.05) is 25.6 Å². The molecule has 3 nitrogen and oxygen atoms in total. The largest absolute Gasteiger partial charge is 0.486 e. The average molecular weight is 443 g/mol. The zero-order chi connectivity index (χ0) is 22.6. The third kappa shape index (κ3) is 6.98. The zero-order valence-corrected chi connectivity index (χ0v) is 19.1. The Labute approximate surface area is 190 Å². The molecule has 1 unspecified atom stereocenters. The Bertz CT molecular complexity index is 893. The van der Waals surface area contributed by atoms with E-state index < -0.39 is 0 Å². The molecule has 0 aliphatic carbocycles. The maximum atomic E-state index is 9.50.